The quantitative estimate of drug-likeness (QED) is 0.660. The van der Waals surface area contributed by atoms with Crippen LogP contribution >= 0.6 is 0 Å². The highest BCUT2D eigenvalue weighted by Crippen LogP contribution is 2.59. The highest BCUT2D eigenvalue weighted by atomic mass is 16.5. The summed E-state index contributed by atoms with van der Waals surface area (Å²) in [4.78, 5) is 4.35. The van der Waals surface area contributed by atoms with Crippen molar-refractivity contribution in [3.05, 3.63) is 0 Å². The van der Waals surface area contributed by atoms with Gasteiger partial charge in [0.05, 0.1) is 6.61 Å². The Hall–Kier alpha value is -0.410. The Labute approximate surface area is 78.4 Å². The SMILES string of the molecule is NC1(C23CCC(CC2)C3)N=CCO1. The van der Waals surface area contributed by atoms with E-state index in [4.69, 9.17) is 10.5 Å². The standard InChI is InChI=1S/C10H16N2O/c11-10(12-5-6-13-10)9-3-1-8(7-9)2-4-9/h5,8H,1-4,6-7,11H2. The van der Waals surface area contributed by atoms with Crippen LogP contribution in [-0.4, -0.2) is 18.7 Å². The molecular formula is C10H16N2O. The zero-order valence-corrected chi connectivity index (χ0v) is 7.83. The zero-order valence-electron chi connectivity index (χ0n) is 7.83. The van der Waals surface area contributed by atoms with Crippen molar-refractivity contribution in [3.8, 4) is 0 Å². The third-order valence-electron chi connectivity index (χ3n) is 4.16. The van der Waals surface area contributed by atoms with Crippen LogP contribution in [0.3, 0.4) is 0 Å². The van der Waals surface area contributed by atoms with E-state index in [2.05, 4.69) is 4.99 Å². The summed E-state index contributed by atoms with van der Waals surface area (Å²) in [7, 11) is 0. The van der Waals surface area contributed by atoms with Gasteiger partial charge in [0.25, 0.3) is 0 Å². The molecule has 2 N–H and O–H groups in total. The Morgan fingerprint density at radius 2 is 2.15 bits per heavy atom. The van der Waals surface area contributed by atoms with E-state index < -0.39 is 5.85 Å². The minimum atomic E-state index is -0.668. The summed E-state index contributed by atoms with van der Waals surface area (Å²) in [5, 5.41) is 0. The summed E-state index contributed by atoms with van der Waals surface area (Å²) in [5.74, 6) is 0.234. The number of aliphatic imine (C=N–C) groups is 1. The molecule has 2 aliphatic carbocycles. The fraction of sp³-hybridized carbons (Fsp3) is 0.900. The Kier molecular flexibility index (Phi) is 1.43. The van der Waals surface area contributed by atoms with Crippen LogP contribution in [0, 0.1) is 11.3 Å². The Bertz CT molecular complexity index is 256. The molecule has 2 bridgehead atoms. The van der Waals surface area contributed by atoms with Gasteiger partial charge in [-0.05, 0) is 38.0 Å². The number of fused-ring (bicyclic) bond motifs is 2. The van der Waals surface area contributed by atoms with Crippen LogP contribution < -0.4 is 5.73 Å². The lowest BCUT2D eigenvalue weighted by Crippen LogP contribution is -2.52. The predicted octanol–water partition coefficient (Wildman–Crippen LogP) is 1.28. The van der Waals surface area contributed by atoms with Gasteiger partial charge < -0.3 is 4.74 Å². The molecule has 0 aromatic carbocycles. The van der Waals surface area contributed by atoms with Gasteiger partial charge in [-0.3, -0.25) is 5.73 Å². The van der Waals surface area contributed by atoms with Crippen LogP contribution in [0.2, 0.25) is 0 Å². The number of rotatable bonds is 1. The second-order valence-electron chi connectivity index (χ2n) is 4.75. The molecule has 1 aliphatic heterocycles. The first kappa shape index (κ1) is 7.94. The van der Waals surface area contributed by atoms with Gasteiger partial charge >= 0.3 is 0 Å². The minimum absolute atomic E-state index is 0.185. The van der Waals surface area contributed by atoms with Crippen LogP contribution in [0.1, 0.15) is 32.1 Å². The third kappa shape index (κ3) is 0.891. The normalized spacial score (nSPS) is 53.5. The number of hydrogen-bond donors (Lipinski definition) is 1. The van der Waals surface area contributed by atoms with Gasteiger partial charge in [-0.2, -0.15) is 0 Å². The highest BCUT2D eigenvalue weighted by molar-refractivity contribution is 5.61. The number of hydrogen-bond acceptors (Lipinski definition) is 3. The molecule has 0 aromatic rings. The summed E-state index contributed by atoms with van der Waals surface area (Å²) in [5.41, 5.74) is 6.40. The zero-order chi connectivity index (χ0) is 8.94. The van der Waals surface area contributed by atoms with Crippen molar-refractivity contribution >= 4 is 6.21 Å². The van der Waals surface area contributed by atoms with E-state index in [0.717, 1.165) is 5.92 Å². The first-order chi connectivity index (χ1) is 6.24. The summed E-state index contributed by atoms with van der Waals surface area (Å²) in [6.07, 6.45) is 8.15. The number of nitrogens with two attached hydrogens (primary N) is 1. The topological polar surface area (TPSA) is 47.6 Å². The van der Waals surface area contributed by atoms with Crippen molar-refractivity contribution in [1.82, 2.24) is 0 Å². The Morgan fingerprint density at radius 1 is 1.38 bits per heavy atom. The molecule has 3 heteroatoms. The maximum atomic E-state index is 6.22. The van der Waals surface area contributed by atoms with Crippen molar-refractivity contribution in [2.45, 2.75) is 38.0 Å². The molecule has 0 amide bonds. The second-order valence-corrected chi connectivity index (χ2v) is 4.75. The van der Waals surface area contributed by atoms with E-state index in [9.17, 15) is 0 Å². The lowest BCUT2D eigenvalue weighted by atomic mass is 9.79. The molecule has 72 valence electrons. The number of nitrogens with zero attached hydrogens (tertiary/aromatic N) is 1. The molecule has 1 unspecified atom stereocenters. The molecule has 1 heterocycles. The van der Waals surface area contributed by atoms with E-state index in [0.29, 0.717) is 6.61 Å². The first-order valence-electron chi connectivity index (χ1n) is 5.21. The molecule has 2 saturated carbocycles. The monoisotopic (exact) mass is 180 g/mol. The molecule has 0 radical (unpaired) electrons. The van der Waals surface area contributed by atoms with Gasteiger partial charge in [0.15, 0.2) is 0 Å². The number of ether oxygens (including phenoxy) is 1. The van der Waals surface area contributed by atoms with E-state index in [1.54, 1.807) is 0 Å². The maximum absolute atomic E-state index is 6.22. The molecule has 3 nitrogen and oxygen atoms in total. The summed E-state index contributed by atoms with van der Waals surface area (Å²) in [6, 6.07) is 0. The lowest BCUT2D eigenvalue weighted by Gasteiger charge is -2.39. The molecule has 0 spiro atoms. The largest absolute Gasteiger partial charge is 0.335 e. The maximum Gasteiger partial charge on any atom is 0.218 e. The third-order valence-corrected chi connectivity index (χ3v) is 4.16. The van der Waals surface area contributed by atoms with Crippen molar-refractivity contribution in [1.29, 1.82) is 0 Å². The molecule has 3 aliphatic rings. The Morgan fingerprint density at radius 3 is 2.62 bits per heavy atom. The Balaban J connectivity index is 1.94. The van der Waals surface area contributed by atoms with E-state index in [1.807, 2.05) is 6.21 Å². The molecule has 2 fully saturated rings. The summed E-state index contributed by atoms with van der Waals surface area (Å²) >= 11 is 0. The highest BCUT2D eigenvalue weighted by Gasteiger charge is 2.58. The van der Waals surface area contributed by atoms with E-state index in [-0.39, 0.29) is 5.41 Å². The summed E-state index contributed by atoms with van der Waals surface area (Å²) in [6.45, 7) is 0.600. The average Bonchev–Trinajstić information content (AvgIpc) is 2.78. The van der Waals surface area contributed by atoms with Crippen molar-refractivity contribution in [3.63, 3.8) is 0 Å². The summed E-state index contributed by atoms with van der Waals surface area (Å²) < 4.78 is 5.60. The fourth-order valence-electron chi connectivity index (χ4n) is 3.36. The molecule has 3 rings (SSSR count). The van der Waals surface area contributed by atoms with E-state index >= 15 is 0 Å². The van der Waals surface area contributed by atoms with Crippen LogP contribution in [0.5, 0.6) is 0 Å². The van der Waals surface area contributed by atoms with Gasteiger partial charge in [0, 0.05) is 11.6 Å². The molecule has 0 saturated heterocycles. The molecule has 13 heavy (non-hydrogen) atoms. The van der Waals surface area contributed by atoms with Gasteiger partial charge in [-0.15, -0.1) is 0 Å². The van der Waals surface area contributed by atoms with Crippen LogP contribution in [-0.2, 0) is 4.74 Å². The van der Waals surface area contributed by atoms with Gasteiger partial charge in [-0.1, -0.05) is 0 Å². The predicted molar refractivity (Wildman–Crippen MR) is 50.4 cm³/mol. The average molecular weight is 180 g/mol. The van der Waals surface area contributed by atoms with Crippen LogP contribution in [0.15, 0.2) is 4.99 Å². The first-order valence-corrected chi connectivity index (χ1v) is 5.21. The van der Waals surface area contributed by atoms with Crippen molar-refractivity contribution < 1.29 is 4.74 Å². The molecule has 0 aromatic heterocycles. The van der Waals surface area contributed by atoms with Gasteiger partial charge in [-0.25, -0.2) is 4.99 Å². The van der Waals surface area contributed by atoms with Crippen molar-refractivity contribution in [2.24, 2.45) is 22.1 Å². The smallest absolute Gasteiger partial charge is 0.218 e. The van der Waals surface area contributed by atoms with Crippen LogP contribution in [0.25, 0.3) is 0 Å². The van der Waals surface area contributed by atoms with Gasteiger partial charge in [0.2, 0.25) is 5.85 Å². The molecule has 1 atom stereocenters. The van der Waals surface area contributed by atoms with E-state index in [1.165, 1.54) is 32.1 Å². The van der Waals surface area contributed by atoms with Crippen LogP contribution in [0.4, 0.5) is 0 Å². The fourth-order valence-corrected chi connectivity index (χ4v) is 3.36. The lowest BCUT2D eigenvalue weighted by molar-refractivity contribution is -0.0971. The van der Waals surface area contributed by atoms with Gasteiger partial charge in [0.1, 0.15) is 0 Å². The van der Waals surface area contributed by atoms with Crippen molar-refractivity contribution in [2.75, 3.05) is 6.61 Å². The second kappa shape index (κ2) is 2.34. The minimum Gasteiger partial charge on any atom is -0.335 e. The molecular weight excluding hydrogens is 164 g/mol.